The average molecular weight is 356 g/mol. The smallest absolute Gasteiger partial charge is 0.333 e. The highest BCUT2D eigenvalue weighted by Gasteiger charge is 2.21. The monoisotopic (exact) mass is 356 g/mol. The van der Waals surface area contributed by atoms with Crippen LogP contribution in [0.1, 0.15) is 19.3 Å². The first-order chi connectivity index (χ1) is 11.8. The minimum absolute atomic E-state index is 0.00940. The molecule has 0 radical (unpaired) electrons. The molecule has 0 fully saturated rings. The summed E-state index contributed by atoms with van der Waals surface area (Å²) in [6, 6.07) is 4.42. The molecule has 0 bridgehead atoms. The van der Waals surface area contributed by atoms with Crippen molar-refractivity contribution in [2.45, 2.75) is 25.6 Å². The van der Waals surface area contributed by atoms with Gasteiger partial charge in [0.05, 0.1) is 0 Å². The summed E-state index contributed by atoms with van der Waals surface area (Å²) in [7, 11) is 0. The Morgan fingerprint density at radius 3 is 1.88 bits per heavy atom. The zero-order valence-electron chi connectivity index (χ0n) is 12.8. The molecule has 0 aliphatic rings. The quantitative estimate of drug-likeness (QED) is 0.383. The second kappa shape index (κ2) is 7.49. The number of carbonyl (C=O) groups is 2. The van der Waals surface area contributed by atoms with E-state index in [4.69, 9.17) is 0 Å². The van der Waals surface area contributed by atoms with Crippen LogP contribution in [0.15, 0.2) is 24.3 Å². The number of aromatic hydroxyl groups is 4. The molecule has 0 aliphatic heterocycles. The van der Waals surface area contributed by atoms with Crippen molar-refractivity contribution in [2.24, 2.45) is 0 Å². The maximum atomic E-state index is 11.7. The van der Waals surface area contributed by atoms with Gasteiger partial charge >= 0.3 is 5.97 Å². The Morgan fingerprint density at radius 1 is 0.880 bits per heavy atom. The van der Waals surface area contributed by atoms with Crippen LogP contribution in [0.5, 0.6) is 23.5 Å². The zero-order chi connectivity index (χ0) is 18.6. The molecule has 0 aromatic carbocycles. The first kappa shape index (κ1) is 18.0. The number of hydrogen-bond donors (Lipinski definition) is 5. The van der Waals surface area contributed by atoms with E-state index in [9.17, 15) is 35.1 Å². The van der Waals surface area contributed by atoms with Crippen molar-refractivity contribution in [3.05, 3.63) is 24.3 Å². The van der Waals surface area contributed by atoms with Crippen molar-refractivity contribution in [3.8, 4) is 23.5 Å². The number of carbonyl (C=O) groups excluding carboxylic acids is 2. The highest BCUT2D eigenvalue weighted by Crippen LogP contribution is 2.20. The molecule has 2 rings (SSSR count). The summed E-state index contributed by atoms with van der Waals surface area (Å²) in [5.41, 5.74) is 0. The third kappa shape index (κ3) is 4.35. The molecule has 1 unspecified atom stereocenters. The first-order valence-electron chi connectivity index (χ1n) is 7.08. The second-order valence-electron chi connectivity index (χ2n) is 4.93. The lowest BCUT2D eigenvalue weighted by molar-refractivity contribution is -0.159. The van der Waals surface area contributed by atoms with Gasteiger partial charge in [-0.3, -0.25) is 4.79 Å². The maximum Gasteiger partial charge on any atom is 0.333 e. The summed E-state index contributed by atoms with van der Waals surface area (Å²) in [6.45, 7) is 0. The third-order valence-corrected chi connectivity index (χ3v) is 3.07. The van der Waals surface area contributed by atoms with Gasteiger partial charge < -0.3 is 35.2 Å². The third-order valence-electron chi connectivity index (χ3n) is 3.07. The predicted octanol–water partition coefficient (Wildman–Crippen LogP) is -0.746. The zero-order valence-corrected chi connectivity index (χ0v) is 12.8. The standard InChI is InChI=1S/C14H16N2O9/c17-8(14(23)25-16-11(20)6-7-12(16)21)2-1-3-13(22)24-15-9(18)4-5-10(15)19/h4-7,14,18-21,23H,1-3H2. The van der Waals surface area contributed by atoms with Crippen LogP contribution in [0.2, 0.25) is 0 Å². The van der Waals surface area contributed by atoms with Gasteiger partial charge in [0.15, 0.2) is 0 Å². The molecule has 0 saturated carbocycles. The van der Waals surface area contributed by atoms with Gasteiger partial charge in [-0.05, 0) is 6.42 Å². The molecule has 0 saturated heterocycles. The van der Waals surface area contributed by atoms with Crippen LogP contribution in [0.4, 0.5) is 0 Å². The number of aliphatic hydroxyl groups is 1. The van der Waals surface area contributed by atoms with Crippen LogP contribution in [0.25, 0.3) is 0 Å². The van der Waals surface area contributed by atoms with Gasteiger partial charge in [0, 0.05) is 37.1 Å². The van der Waals surface area contributed by atoms with Gasteiger partial charge in [-0.15, -0.1) is 9.46 Å². The Kier molecular flexibility index (Phi) is 5.39. The lowest BCUT2D eigenvalue weighted by Crippen LogP contribution is -2.32. The molecule has 2 aromatic heterocycles. The van der Waals surface area contributed by atoms with Crippen molar-refractivity contribution in [2.75, 3.05) is 0 Å². The summed E-state index contributed by atoms with van der Waals surface area (Å²) < 4.78 is 0.980. The SMILES string of the molecule is O=C(CCCC(=O)C(O)On1c(O)ccc1O)On1c(O)ccc1O. The van der Waals surface area contributed by atoms with Crippen LogP contribution in [0, 0.1) is 0 Å². The van der Waals surface area contributed by atoms with Gasteiger partial charge in [0.1, 0.15) is 0 Å². The highest BCUT2D eigenvalue weighted by atomic mass is 16.8. The van der Waals surface area contributed by atoms with Crippen LogP contribution in [-0.2, 0) is 9.59 Å². The number of Topliss-reactive ketones (excluding diaryl/α,β-unsaturated/α-hetero) is 1. The van der Waals surface area contributed by atoms with E-state index in [2.05, 4.69) is 9.68 Å². The summed E-state index contributed by atoms with van der Waals surface area (Å²) in [5.74, 6) is -3.61. The lowest BCUT2D eigenvalue weighted by atomic mass is 10.2. The van der Waals surface area contributed by atoms with Crippen LogP contribution in [0.3, 0.4) is 0 Å². The summed E-state index contributed by atoms with van der Waals surface area (Å²) in [4.78, 5) is 32.6. The Bertz CT molecular complexity index is 725. The van der Waals surface area contributed by atoms with E-state index in [1.54, 1.807) is 0 Å². The number of rotatable bonds is 8. The van der Waals surface area contributed by atoms with Crippen molar-refractivity contribution in [1.82, 2.24) is 9.46 Å². The van der Waals surface area contributed by atoms with Crippen molar-refractivity contribution < 1.29 is 44.8 Å². The van der Waals surface area contributed by atoms with Gasteiger partial charge in [-0.25, -0.2) is 4.79 Å². The molecule has 136 valence electrons. The Labute approximate surface area is 140 Å². The number of ketones is 1. The van der Waals surface area contributed by atoms with E-state index < -0.39 is 41.6 Å². The fraction of sp³-hybridized carbons (Fsp3) is 0.286. The maximum absolute atomic E-state index is 11.7. The molecule has 0 aliphatic carbocycles. The van der Waals surface area contributed by atoms with E-state index in [1.165, 1.54) is 0 Å². The fourth-order valence-corrected chi connectivity index (χ4v) is 1.84. The van der Waals surface area contributed by atoms with E-state index in [1.807, 2.05) is 0 Å². The normalized spacial score (nSPS) is 11.9. The second-order valence-corrected chi connectivity index (χ2v) is 4.93. The summed E-state index contributed by atoms with van der Waals surface area (Å²) >= 11 is 0. The molecule has 0 amide bonds. The predicted molar refractivity (Wildman–Crippen MR) is 78.6 cm³/mol. The molecular formula is C14H16N2O9. The lowest BCUT2D eigenvalue weighted by Gasteiger charge is -2.13. The van der Waals surface area contributed by atoms with Crippen LogP contribution >= 0.6 is 0 Å². The molecule has 25 heavy (non-hydrogen) atoms. The first-order valence-corrected chi connectivity index (χ1v) is 7.08. The van der Waals surface area contributed by atoms with Gasteiger partial charge in [0.2, 0.25) is 29.3 Å². The molecular weight excluding hydrogens is 340 g/mol. The molecule has 11 heteroatoms. The fourth-order valence-electron chi connectivity index (χ4n) is 1.84. The van der Waals surface area contributed by atoms with Crippen molar-refractivity contribution >= 4 is 11.8 Å². The van der Waals surface area contributed by atoms with E-state index in [-0.39, 0.29) is 19.3 Å². The van der Waals surface area contributed by atoms with E-state index in [0.717, 1.165) is 24.3 Å². The van der Waals surface area contributed by atoms with Crippen molar-refractivity contribution in [3.63, 3.8) is 0 Å². The van der Waals surface area contributed by atoms with Gasteiger partial charge in [-0.1, -0.05) is 0 Å². The summed E-state index contributed by atoms with van der Waals surface area (Å²) in [6.07, 6.45) is -2.47. The average Bonchev–Trinajstić information content (AvgIpc) is 3.04. The van der Waals surface area contributed by atoms with Crippen LogP contribution < -0.4 is 9.68 Å². The number of nitrogens with zero attached hydrogens (tertiary/aromatic N) is 2. The van der Waals surface area contributed by atoms with Crippen LogP contribution in [-0.4, -0.2) is 53.0 Å². The van der Waals surface area contributed by atoms with Gasteiger partial charge in [-0.2, -0.15) is 0 Å². The largest absolute Gasteiger partial charge is 0.492 e. The van der Waals surface area contributed by atoms with Gasteiger partial charge in [0.25, 0.3) is 6.29 Å². The Balaban J connectivity index is 1.77. The van der Waals surface area contributed by atoms with Crippen molar-refractivity contribution in [1.29, 1.82) is 0 Å². The number of hydrogen-bond acceptors (Lipinski definition) is 9. The molecule has 2 heterocycles. The minimum Gasteiger partial charge on any atom is -0.492 e. The number of aromatic nitrogens is 2. The molecule has 2 aromatic rings. The minimum atomic E-state index is -1.96. The molecule has 5 N–H and O–H groups in total. The topological polar surface area (TPSA) is 164 Å². The summed E-state index contributed by atoms with van der Waals surface area (Å²) in [5, 5.41) is 46.9. The van der Waals surface area contributed by atoms with E-state index >= 15 is 0 Å². The molecule has 11 nitrogen and oxygen atoms in total. The number of aliphatic hydroxyl groups excluding tert-OH is 1. The highest BCUT2D eigenvalue weighted by molar-refractivity contribution is 5.82. The Hall–Kier alpha value is -3.34. The molecule has 0 spiro atoms. The van der Waals surface area contributed by atoms with E-state index in [0.29, 0.717) is 9.46 Å². The molecule has 1 atom stereocenters. The Morgan fingerprint density at radius 2 is 1.36 bits per heavy atom.